The number of aryl methyl sites for hydroxylation is 1. The largest absolute Gasteiger partial charge is 0.377 e. The average molecular weight is 320 g/mol. The van der Waals surface area contributed by atoms with Gasteiger partial charge >= 0.3 is 0 Å². The van der Waals surface area contributed by atoms with Crippen LogP contribution in [0.4, 0.5) is 0 Å². The summed E-state index contributed by atoms with van der Waals surface area (Å²) in [5.41, 5.74) is 4.16. The van der Waals surface area contributed by atoms with E-state index in [2.05, 4.69) is 43.8 Å². The van der Waals surface area contributed by atoms with Crippen LogP contribution >= 0.6 is 11.6 Å². The Morgan fingerprint density at radius 1 is 1.24 bits per heavy atom. The van der Waals surface area contributed by atoms with Gasteiger partial charge in [-0.15, -0.1) is 12.1 Å². The number of benzene rings is 1. The maximum Gasteiger partial charge on any atom is 0.00850 e. The Morgan fingerprint density at radius 2 is 1.82 bits per heavy atom. The summed E-state index contributed by atoms with van der Waals surface area (Å²) in [6.45, 7) is 6.01. The number of halogens is 1. The van der Waals surface area contributed by atoms with E-state index in [1.807, 2.05) is 11.9 Å². The number of likely N-dealkylation sites (N-methyl/N-ethyl adjacent to an activating group) is 1. The summed E-state index contributed by atoms with van der Waals surface area (Å²) in [5.74, 6) is 0. The second-order valence-electron chi connectivity index (χ2n) is 3.86. The van der Waals surface area contributed by atoms with Gasteiger partial charge in [0.05, 0.1) is 0 Å². The van der Waals surface area contributed by atoms with Gasteiger partial charge in [0.25, 0.3) is 0 Å². The first-order chi connectivity index (χ1) is 7.59. The molecular formula is C14H13ClNY-. The quantitative estimate of drug-likeness (QED) is 0.713. The van der Waals surface area contributed by atoms with E-state index in [4.69, 9.17) is 11.6 Å². The van der Waals surface area contributed by atoms with Gasteiger partial charge in [-0.05, 0) is 17.7 Å². The minimum atomic E-state index is 0. The summed E-state index contributed by atoms with van der Waals surface area (Å²) in [6.07, 6.45) is 4.94. The SMILES string of the molecule is C=C1C(Cl)=C[C-]=C(c2ccc(C)cc2)N1C.[Y]. The van der Waals surface area contributed by atoms with Gasteiger partial charge in [-0.3, -0.25) is 0 Å². The first-order valence-electron chi connectivity index (χ1n) is 5.09. The molecule has 3 heteroatoms. The van der Waals surface area contributed by atoms with Gasteiger partial charge in [0, 0.05) is 39.8 Å². The molecule has 0 unspecified atom stereocenters. The van der Waals surface area contributed by atoms with Crippen molar-refractivity contribution >= 4 is 17.3 Å². The second kappa shape index (κ2) is 5.99. The van der Waals surface area contributed by atoms with Gasteiger partial charge in [-0.1, -0.05) is 35.5 Å². The van der Waals surface area contributed by atoms with Crippen LogP contribution in [0.15, 0.2) is 47.6 Å². The minimum absolute atomic E-state index is 0. The van der Waals surface area contributed by atoms with Gasteiger partial charge in [0.15, 0.2) is 0 Å². The summed E-state index contributed by atoms with van der Waals surface area (Å²) in [4.78, 5) is 1.95. The van der Waals surface area contributed by atoms with E-state index in [0.29, 0.717) is 5.03 Å². The fraction of sp³-hybridized carbons (Fsp3) is 0.143. The van der Waals surface area contributed by atoms with Crippen LogP contribution in [0.1, 0.15) is 11.1 Å². The second-order valence-corrected chi connectivity index (χ2v) is 4.26. The van der Waals surface area contributed by atoms with E-state index < -0.39 is 0 Å². The molecule has 1 radical (unpaired) electrons. The normalized spacial score (nSPS) is 15.0. The molecule has 0 bridgehead atoms. The molecule has 2 rings (SSSR count). The average Bonchev–Trinajstić information content (AvgIpc) is 2.28. The third-order valence-corrected chi connectivity index (χ3v) is 3.00. The Bertz CT molecular complexity index is 485. The molecule has 1 aliphatic rings. The molecule has 17 heavy (non-hydrogen) atoms. The molecule has 0 amide bonds. The number of hydrogen-bond acceptors (Lipinski definition) is 1. The van der Waals surface area contributed by atoms with Gasteiger partial charge in [-0.2, -0.15) is 23.8 Å². The number of allylic oxidation sites excluding steroid dienone is 3. The fourth-order valence-electron chi connectivity index (χ4n) is 1.60. The standard InChI is InChI=1S/C14H13ClN.Y/c1-10-4-6-12(7-5-10)14-9-8-13(15)11(2)16(14)3;/h4-8H,2H2,1,3H3;/q-1;. The Labute approximate surface area is 133 Å². The topological polar surface area (TPSA) is 3.24 Å². The molecule has 0 N–H and O–H groups in total. The van der Waals surface area contributed by atoms with E-state index in [1.54, 1.807) is 6.08 Å². The number of rotatable bonds is 1. The van der Waals surface area contributed by atoms with Crippen molar-refractivity contribution in [3.63, 3.8) is 0 Å². The Morgan fingerprint density at radius 3 is 2.41 bits per heavy atom. The first kappa shape index (κ1) is 14.7. The van der Waals surface area contributed by atoms with E-state index >= 15 is 0 Å². The predicted octanol–water partition coefficient (Wildman–Crippen LogP) is 3.72. The molecule has 0 atom stereocenters. The van der Waals surface area contributed by atoms with Gasteiger partial charge in [0.1, 0.15) is 0 Å². The molecule has 1 heterocycles. The summed E-state index contributed by atoms with van der Waals surface area (Å²) in [5, 5.41) is 0.637. The minimum Gasteiger partial charge on any atom is -0.377 e. The Hall–Kier alpha value is -0.366. The smallest absolute Gasteiger partial charge is 0.00850 e. The molecule has 0 aromatic heterocycles. The summed E-state index contributed by atoms with van der Waals surface area (Å²) in [7, 11) is 1.94. The zero-order chi connectivity index (χ0) is 11.7. The monoisotopic (exact) mass is 319 g/mol. The molecular weight excluding hydrogens is 307 g/mol. The van der Waals surface area contributed by atoms with Crippen molar-refractivity contribution in [2.45, 2.75) is 6.92 Å². The Balaban J connectivity index is 0.00000144. The summed E-state index contributed by atoms with van der Waals surface area (Å²) >= 11 is 5.98. The Kier molecular flexibility index (Phi) is 5.18. The third-order valence-electron chi connectivity index (χ3n) is 2.68. The zero-order valence-electron chi connectivity index (χ0n) is 10.00. The first-order valence-corrected chi connectivity index (χ1v) is 5.46. The van der Waals surface area contributed by atoms with Crippen LogP contribution in [0, 0.1) is 13.0 Å². The van der Waals surface area contributed by atoms with Crippen molar-refractivity contribution in [3.05, 3.63) is 64.9 Å². The summed E-state index contributed by atoms with van der Waals surface area (Å²) < 4.78 is 0. The third kappa shape index (κ3) is 3.10. The van der Waals surface area contributed by atoms with E-state index in [0.717, 1.165) is 17.0 Å². The van der Waals surface area contributed by atoms with Gasteiger partial charge in [-0.25, -0.2) is 0 Å². The molecule has 0 saturated carbocycles. The van der Waals surface area contributed by atoms with Crippen molar-refractivity contribution in [2.75, 3.05) is 7.05 Å². The molecule has 0 spiro atoms. The van der Waals surface area contributed by atoms with E-state index in [9.17, 15) is 0 Å². The molecule has 1 nitrogen and oxygen atoms in total. The van der Waals surface area contributed by atoms with Crippen LogP contribution in [0.5, 0.6) is 0 Å². The molecule has 1 aliphatic heterocycles. The van der Waals surface area contributed by atoms with Gasteiger partial charge in [0.2, 0.25) is 0 Å². The molecule has 0 saturated heterocycles. The van der Waals surface area contributed by atoms with Crippen LogP contribution in [0.2, 0.25) is 0 Å². The molecule has 0 fully saturated rings. The molecule has 1 aromatic carbocycles. The maximum absolute atomic E-state index is 5.98. The predicted molar refractivity (Wildman–Crippen MR) is 68.7 cm³/mol. The zero-order valence-corrected chi connectivity index (χ0v) is 13.6. The van der Waals surface area contributed by atoms with E-state index in [1.165, 1.54) is 5.56 Å². The fourth-order valence-corrected chi connectivity index (χ4v) is 1.78. The number of nitrogens with zero attached hydrogens (tertiary/aromatic N) is 1. The maximum atomic E-state index is 5.98. The van der Waals surface area contributed by atoms with Crippen LogP contribution < -0.4 is 0 Å². The van der Waals surface area contributed by atoms with Crippen molar-refractivity contribution in [1.82, 2.24) is 4.90 Å². The molecule has 85 valence electrons. The number of hydrogen-bond donors (Lipinski definition) is 0. The van der Waals surface area contributed by atoms with Crippen molar-refractivity contribution in [3.8, 4) is 0 Å². The van der Waals surface area contributed by atoms with Crippen molar-refractivity contribution in [2.24, 2.45) is 0 Å². The van der Waals surface area contributed by atoms with Crippen molar-refractivity contribution in [1.29, 1.82) is 0 Å². The summed E-state index contributed by atoms with van der Waals surface area (Å²) in [6, 6.07) is 8.32. The van der Waals surface area contributed by atoms with Crippen LogP contribution in [-0.4, -0.2) is 11.9 Å². The van der Waals surface area contributed by atoms with Crippen molar-refractivity contribution < 1.29 is 32.7 Å². The van der Waals surface area contributed by atoms with Gasteiger partial charge < -0.3 is 4.90 Å². The molecule has 1 aromatic rings. The molecule has 0 aliphatic carbocycles. The van der Waals surface area contributed by atoms with Crippen LogP contribution in [0.3, 0.4) is 0 Å². The van der Waals surface area contributed by atoms with Crippen LogP contribution in [0.25, 0.3) is 5.70 Å². The van der Waals surface area contributed by atoms with E-state index in [-0.39, 0.29) is 32.7 Å². The van der Waals surface area contributed by atoms with Crippen LogP contribution in [-0.2, 0) is 32.7 Å².